The molecule has 2 saturated carbocycles. The number of piperidine rings is 1. The summed E-state index contributed by atoms with van der Waals surface area (Å²) in [4.78, 5) is 23.9. The molecule has 1 heterocycles. The summed E-state index contributed by atoms with van der Waals surface area (Å²) in [7, 11) is 0. The number of carbonyl (C=O) groups excluding carboxylic acids is 2. The average Bonchev–Trinajstić information content (AvgIpc) is 2.77. The summed E-state index contributed by atoms with van der Waals surface area (Å²) in [6, 6.07) is -0.790. The molecule has 0 bridgehead atoms. The van der Waals surface area contributed by atoms with E-state index in [0.29, 0.717) is 24.2 Å². The van der Waals surface area contributed by atoms with E-state index in [4.69, 9.17) is 5.73 Å². The van der Waals surface area contributed by atoms with Crippen LogP contribution in [0.15, 0.2) is 0 Å². The minimum Gasteiger partial charge on any atom is -0.381 e. The highest BCUT2D eigenvalue weighted by Gasteiger charge is 2.65. The summed E-state index contributed by atoms with van der Waals surface area (Å²) in [5.41, 5.74) is 5.43. The van der Waals surface area contributed by atoms with Gasteiger partial charge in [-0.1, -0.05) is 33.1 Å². The Kier molecular flexibility index (Phi) is 3.93. The number of nitrogens with one attached hydrogen (secondary N) is 2. The Morgan fingerprint density at radius 1 is 1.41 bits per heavy atom. The molecule has 2 aliphatic carbocycles. The van der Waals surface area contributed by atoms with Crippen LogP contribution in [-0.4, -0.2) is 41.7 Å². The lowest BCUT2D eigenvalue weighted by Crippen LogP contribution is -2.55. The second-order valence-corrected chi connectivity index (χ2v) is 7.83. The Balaban J connectivity index is 1.62. The van der Waals surface area contributed by atoms with Crippen LogP contribution in [0.2, 0.25) is 0 Å². The van der Waals surface area contributed by atoms with Crippen LogP contribution in [0.1, 0.15) is 39.5 Å². The predicted molar refractivity (Wildman–Crippen MR) is 81.6 cm³/mol. The van der Waals surface area contributed by atoms with Crippen molar-refractivity contribution < 1.29 is 14.7 Å². The molecule has 22 heavy (non-hydrogen) atoms. The van der Waals surface area contributed by atoms with Crippen molar-refractivity contribution in [3.63, 3.8) is 0 Å². The molecule has 6 nitrogen and oxygen atoms in total. The molecule has 0 spiro atoms. The molecule has 3 rings (SSSR count). The largest absolute Gasteiger partial charge is 0.381 e. The van der Waals surface area contributed by atoms with E-state index in [9.17, 15) is 14.7 Å². The van der Waals surface area contributed by atoms with Crippen LogP contribution < -0.4 is 16.4 Å². The minimum atomic E-state index is -1.31. The molecule has 0 aromatic carbocycles. The van der Waals surface area contributed by atoms with Crippen LogP contribution in [0.4, 0.5) is 0 Å². The third-order valence-corrected chi connectivity index (χ3v) is 6.15. The Labute approximate surface area is 131 Å². The first-order valence-electron chi connectivity index (χ1n) is 8.33. The third kappa shape index (κ3) is 2.63. The monoisotopic (exact) mass is 309 g/mol. The minimum absolute atomic E-state index is 0.109. The van der Waals surface area contributed by atoms with E-state index in [1.807, 2.05) is 0 Å². The Morgan fingerprint density at radius 2 is 2.09 bits per heavy atom. The molecule has 0 aromatic rings. The van der Waals surface area contributed by atoms with Crippen LogP contribution in [0.25, 0.3) is 0 Å². The van der Waals surface area contributed by atoms with Gasteiger partial charge >= 0.3 is 0 Å². The van der Waals surface area contributed by atoms with E-state index in [2.05, 4.69) is 24.5 Å². The highest BCUT2D eigenvalue weighted by Crippen LogP contribution is 2.62. The zero-order chi connectivity index (χ0) is 16.1. The van der Waals surface area contributed by atoms with E-state index < -0.39 is 18.1 Å². The van der Waals surface area contributed by atoms with Crippen molar-refractivity contribution in [1.29, 1.82) is 0 Å². The number of primary amides is 1. The second-order valence-electron chi connectivity index (χ2n) is 7.83. The molecule has 1 saturated heterocycles. The quantitative estimate of drug-likeness (QED) is 0.543. The van der Waals surface area contributed by atoms with Gasteiger partial charge in [0.1, 0.15) is 0 Å². The molecule has 2 amide bonds. The Morgan fingerprint density at radius 3 is 2.55 bits per heavy atom. The van der Waals surface area contributed by atoms with Crippen molar-refractivity contribution in [3.8, 4) is 0 Å². The van der Waals surface area contributed by atoms with Gasteiger partial charge in [-0.05, 0) is 36.1 Å². The lowest BCUT2D eigenvalue weighted by atomic mass is 9.79. The molecule has 6 heteroatoms. The maximum absolute atomic E-state index is 12.6. The number of aliphatic hydroxyl groups excluding tert-OH is 1. The number of amides is 2. The molecule has 0 radical (unpaired) electrons. The highest BCUT2D eigenvalue weighted by molar-refractivity contribution is 5.85. The number of aliphatic hydroxyl groups is 1. The van der Waals surface area contributed by atoms with Crippen molar-refractivity contribution in [2.75, 3.05) is 6.54 Å². The van der Waals surface area contributed by atoms with Crippen molar-refractivity contribution >= 4 is 11.8 Å². The third-order valence-electron chi connectivity index (χ3n) is 6.15. The van der Waals surface area contributed by atoms with Crippen LogP contribution in [0.5, 0.6) is 0 Å². The molecule has 124 valence electrons. The number of rotatable bonds is 6. The maximum Gasteiger partial charge on any atom is 0.248 e. The van der Waals surface area contributed by atoms with Gasteiger partial charge in [-0.2, -0.15) is 0 Å². The van der Waals surface area contributed by atoms with Crippen molar-refractivity contribution in [2.45, 2.75) is 57.7 Å². The Hall–Kier alpha value is -1.14. The zero-order valence-corrected chi connectivity index (χ0v) is 13.3. The number of carbonyl (C=O) groups is 2. The molecular weight excluding hydrogens is 282 g/mol. The number of nitrogens with two attached hydrogens (primary N) is 1. The van der Waals surface area contributed by atoms with Gasteiger partial charge in [-0.15, -0.1) is 0 Å². The van der Waals surface area contributed by atoms with Gasteiger partial charge in [0.25, 0.3) is 0 Å². The maximum atomic E-state index is 12.6. The van der Waals surface area contributed by atoms with Gasteiger partial charge < -0.3 is 21.5 Å². The van der Waals surface area contributed by atoms with Crippen LogP contribution >= 0.6 is 0 Å². The SMILES string of the molecule is CC1(C)C2CN[C@H](C(=O)NC(CC3CCC3)C(O)C(N)=O)[C@H]21. The predicted octanol–water partition coefficient (Wildman–Crippen LogP) is -0.248. The summed E-state index contributed by atoms with van der Waals surface area (Å²) in [5.74, 6) is 0.495. The normalized spacial score (nSPS) is 35.1. The van der Waals surface area contributed by atoms with E-state index >= 15 is 0 Å². The van der Waals surface area contributed by atoms with Gasteiger partial charge in [0.15, 0.2) is 6.10 Å². The van der Waals surface area contributed by atoms with E-state index in [1.54, 1.807) is 0 Å². The van der Waals surface area contributed by atoms with E-state index in [-0.39, 0.29) is 17.4 Å². The van der Waals surface area contributed by atoms with Crippen molar-refractivity contribution in [1.82, 2.24) is 10.6 Å². The zero-order valence-electron chi connectivity index (χ0n) is 13.3. The fraction of sp³-hybridized carbons (Fsp3) is 0.875. The molecule has 1 aliphatic heterocycles. The van der Waals surface area contributed by atoms with E-state index in [0.717, 1.165) is 19.4 Å². The van der Waals surface area contributed by atoms with Gasteiger partial charge in [0.05, 0.1) is 12.1 Å². The fourth-order valence-electron chi connectivity index (χ4n) is 4.30. The van der Waals surface area contributed by atoms with Gasteiger partial charge in [0.2, 0.25) is 11.8 Å². The molecule has 3 unspecified atom stereocenters. The summed E-state index contributed by atoms with van der Waals surface area (Å²) in [6.07, 6.45) is 2.68. The Bertz CT molecular complexity index is 475. The number of hydrogen-bond acceptors (Lipinski definition) is 4. The molecule has 3 aliphatic rings. The van der Waals surface area contributed by atoms with Crippen molar-refractivity contribution in [3.05, 3.63) is 0 Å². The van der Waals surface area contributed by atoms with Gasteiger partial charge in [-0.3, -0.25) is 9.59 Å². The molecule has 0 aromatic heterocycles. The summed E-state index contributed by atoms with van der Waals surface area (Å²) in [5, 5.41) is 16.2. The topological polar surface area (TPSA) is 104 Å². The molecular formula is C16H27N3O3. The first kappa shape index (κ1) is 15.7. The average molecular weight is 309 g/mol. The fourth-order valence-corrected chi connectivity index (χ4v) is 4.30. The summed E-state index contributed by atoms with van der Waals surface area (Å²) < 4.78 is 0. The highest BCUT2D eigenvalue weighted by atomic mass is 16.3. The molecule has 3 fully saturated rings. The first-order chi connectivity index (χ1) is 10.3. The van der Waals surface area contributed by atoms with Crippen LogP contribution in [-0.2, 0) is 9.59 Å². The van der Waals surface area contributed by atoms with Crippen molar-refractivity contribution in [2.24, 2.45) is 28.9 Å². The number of fused-ring (bicyclic) bond motifs is 1. The van der Waals surface area contributed by atoms with Gasteiger partial charge in [-0.25, -0.2) is 0 Å². The van der Waals surface area contributed by atoms with Crippen LogP contribution in [0, 0.1) is 23.2 Å². The molecule has 5 atom stereocenters. The van der Waals surface area contributed by atoms with Crippen LogP contribution in [0.3, 0.4) is 0 Å². The summed E-state index contributed by atoms with van der Waals surface area (Å²) >= 11 is 0. The first-order valence-corrected chi connectivity index (χ1v) is 8.33. The smallest absolute Gasteiger partial charge is 0.248 e. The van der Waals surface area contributed by atoms with Gasteiger partial charge in [0, 0.05) is 0 Å². The second kappa shape index (κ2) is 5.49. The lowest BCUT2D eigenvalue weighted by molar-refractivity contribution is -0.130. The molecule has 5 N–H and O–H groups in total. The summed E-state index contributed by atoms with van der Waals surface area (Å²) in [6.45, 7) is 5.24. The lowest BCUT2D eigenvalue weighted by Gasteiger charge is -2.32. The van der Waals surface area contributed by atoms with E-state index in [1.165, 1.54) is 6.42 Å². The standard InChI is InChI=1S/C16H27N3O3/c1-16(2)9-7-18-12(11(9)16)15(22)19-10(13(20)14(17)21)6-8-4-3-5-8/h8-13,18,20H,3-7H2,1-2H3,(H2,17,21)(H,19,22)/t9?,10?,11-,12-,13?/m0/s1. The number of hydrogen-bond donors (Lipinski definition) is 4.